The molecule has 0 amide bonds. The van der Waals surface area contributed by atoms with Crippen molar-refractivity contribution in [2.45, 2.75) is 39.0 Å². The molecule has 1 aromatic rings. The van der Waals surface area contributed by atoms with Gasteiger partial charge in [0.05, 0.1) is 0 Å². The van der Waals surface area contributed by atoms with Gasteiger partial charge in [-0.2, -0.15) is 0 Å². The summed E-state index contributed by atoms with van der Waals surface area (Å²) in [4.78, 5) is 0. The fraction of sp³-hybridized carbons (Fsp3) is 0.467. The Morgan fingerprint density at radius 1 is 1.05 bits per heavy atom. The summed E-state index contributed by atoms with van der Waals surface area (Å²) >= 11 is -0.106. The molecule has 0 aliphatic carbocycles. The summed E-state index contributed by atoms with van der Waals surface area (Å²) in [6, 6.07) is 10.6. The molecule has 112 valence electrons. The first-order valence-corrected chi connectivity index (χ1v) is 12.0. The second-order valence-electron chi connectivity index (χ2n) is 4.74. The number of benzene rings is 1. The molecule has 0 nitrogen and oxygen atoms in total. The van der Waals surface area contributed by atoms with Crippen molar-refractivity contribution in [2.75, 3.05) is 6.16 Å². The normalized spacial score (nSPS) is 11.4. The molecular weight excluding hydrogens is 388 g/mol. The van der Waals surface area contributed by atoms with Crippen molar-refractivity contribution in [3.8, 4) is 0 Å². The summed E-state index contributed by atoms with van der Waals surface area (Å²) in [5.41, 5.74) is 2.97. The molecule has 0 bridgehead atoms. The van der Waals surface area contributed by atoms with Crippen LogP contribution in [0.25, 0.3) is 6.08 Å². The van der Waals surface area contributed by atoms with Crippen molar-refractivity contribution in [3.05, 3.63) is 42.0 Å². The molecule has 4 heteroatoms. The van der Waals surface area contributed by atoms with Crippen LogP contribution in [0, 0.1) is 0 Å². The zero-order valence-corrected chi connectivity index (χ0v) is 15.9. The molecule has 0 aromatic heterocycles. The first kappa shape index (κ1) is 19.6. The van der Waals surface area contributed by atoms with Gasteiger partial charge in [-0.3, -0.25) is 0 Å². The van der Waals surface area contributed by atoms with Crippen LogP contribution in [-0.2, 0) is 15.9 Å². The van der Waals surface area contributed by atoms with Gasteiger partial charge in [-0.05, 0) is 23.0 Å². The Morgan fingerprint density at radius 3 is 1.95 bits per heavy atom. The molecule has 0 radical (unpaired) electrons. The predicted molar refractivity (Wildman–Crippen MR) is 89.2 cm³/mol. The van der Waals surface area contributed by atoms with E-state index in [0.717, 1.165) is 11.3 Å². The monoisotopic (exact) mass is 410 g/mol. The van der Waals surface area contributed by atoms with Gasteiger partial charge in [0.2, 0.25) is 0 Å². The average molecular weight is 412 g/mol. The van der Waals surface area contributed by atoms with Gasteiger partial charge in [0, 0.05) is 0 Å². The first-order chi connectivity index (χ1) is 9.02. The van der Waals surface area contributed by atoms with Crippen molar-refractivity contribution in [3.63, 3.8) is 0 Å². The second-order valence-corrected chi connectivity index (χ2v) is 10.6. The van der Waals surface area contributed by atoms with Crippen LogP contribution in [-0.4, -0.2) is 17.5 Å². The van der Waals surface area contributed by atoms with E-state index in [1.165, 1.54) is 11.7 Å². The van der Waals surface area contributed by atoms with Crippen LogP contribution in [0.5, 0.6) is 0 Å². The van der Waals surface area contributed by atoms with Gasteiger partial charge in [-0.25, -0.2) is 0 Å². The first-order valence-electron chi connectivity index (χ1n) is 6.32. The second kappa shape index (κ2) is 12.4. The van der Waals surface area contributed by atoms with Crippen LogP contribution in [0.2, 0.25) is 0 Å². The van der Waals surface area contributed by atoms with Crippen molar-refractivity contribution in [1.82, 2.24) is 0 Å². The SMILES string of the molecule is CC(C)P(CC=Cc1ccccc1)C(C)C.[Cl][Pd][Cl]. The quantitative estimate of drug-likeness (QED) is 0.390. The zero-order valence-electron chi connectivity index (χ0n) is 11.9. The van der Waals surface area contributed by atoms with Gasteiger partial charge in [0.15, 0.2) is 0 Å². The van der Waals surface area contributed by atoms with Crippen LogP contribution in [0.4, 0.5) is 0 Å². The Hall–Kier alpha value is 0.632. The number of hydrogen-bond acceptors (Lipinski definition) is 0. The number of rotatable bonds is 5. The van der Waals surface area contributed by atoms with E-state index in [9.17, 15) is 0 Å². The number of allylic oxidation sites excluding steroid dienone is 1. The molecule has 0 aliphatic rings. The molecule has 0 spiro atoms. The Kier molecular flexibility index (Phi) is 12.8. The maximum absolute atomic E-state index is 4.81. The van der Waals surface area contributed by atoms with Crippen molar-refractivity contribution >= 4 is 33.1 Å². The summed E-state index contributed by atoms with van der Waals surface area (Å²) < 4.78 is 0. The van der Waals surface area contributed by atoms with E-state index in [4.69, 9.17) is 19.1 Å². The summed E-state index contributed by atoms with van der Waals surface area (Å²) in [5, 5.41) is 0. The van der Waals surface area contributed by atoms with Gasteiger partial charge in [-0.15, -0.1) is 0 Å². The van der Waals surface area contributed by atoms with E-state index in [1.54, 1.807) is 0 Å². The Bertz CT molecular complexity index is 331. The molecule has 0 N–H and O–H groups in total. The van der Waals surface area contributed by atoms with E-state index in [-0.39, 0.29) is 23.9 Å². The maximum atomic E-state index is 4.81. The molecule has 0 unspecified atom stereocenters. The van der Waals surface area contributed by atoms with E-state index in [2.05, 4.69) is 70.2 Å². The third kappa shape index (κ3) is 10.1. The van der Waals surface area contributed by atoms with Crippen LogP contribution in [0.3, 0.4) is 0 Å². The molecule has 1 aromatic carbocycles. The molecular formula is C15H23Cl2PPd. The fourth-order valence-corrected chi connectivity index (χ4v) is 4.28. The van der Waals surface area contributed by atoms with E-state index >= 15 is 0 Å². The van der Waals surface area contributed by atoms with Gasteiger partial charge in [0.25, 0.3) is 0 Å². The number of hydrogen-bond donors (Lipinski definition) is 0. The Labute approximate surface area is 135 Å². The Balaban J connectivity index is 0.000000982. The van der Waals surface area contributed by atoms with Crippen LogP contribution >= 0.6 is 27.0 Å². The molecule has 0 saturated heterocycles. The summed E-state index contributed by atoms with van der Waals surface area (Å²) in [5.74, 6) is 0. The summed E-state index contributed by atoms with van der Waals surface area (Å²) in [6.07, 6.45) is 5.85. The van der Waals surface area contributed by atoms with Gasteiger partial charge in [0.1, 0.15) is 0 Å². The fourth-order valence-electron chi connectivity index (χ4n) is 1.89. The van der Waals surface area contributed by atoms with Crippen molar-refractivity contribution in [2.24, 2.45) is 0 Å². The minimum atomic E-state index is -0.106. The molecule has 0 atom stereocenters. The predicted octanol–water partition coefficient (Wildman–Crippen LogP) is 6.38. The van der Waals surface area contributed by atoms with Crippen molar-refractivity contribution in [1.29, 1.82) is 0 Å². The molecule has 0 saturated carbocycles. The van der Waals surface area contributed by atoms with Gasteiger partial charge in [-0.1, -0.05) is 78.1 Å². The van der Waals surface area contributed by atoms with Crippen LogP contribution in [0.1, 0.15) is 33.3 Å². The molecule has 19 heavy (non-hydrogen) atoms. The van der Waals surface area contributed by atoms with E-state index < -0.39 is 0 Å². The van der Waals surface area contributed by atoms with E-state index in [0.29, 0.717) is 0 Å². The molecule has 1 rings (SSSR count). The third-order valence-corrected chi connectivity index (χ3v) is 6.04. The summed E-state index contributed by atoms with van der Waals surface area (Å²) in [7, 11) is 9.77. The van der Waals surface area contributed by atoms with Crippen LogP contribution < -0.4 is 0 Å². The standard InChI is InChI=1S/C15H23P.2ClH.Pd/c1-13(2)16(14(3)4)12-8-11-15-9-6-5-7-10-15;;;/h5-11,13-14H,12H2,1-4H3;2*1H;/q;;;+2/p-2. The molecule has 0 fully saturated rings. The van der Waals surface area contributed by atoms with Gasteiger partial charge >= 0.3 is 35.0 Å². The molecule has 0 aliphatic heterocycles. The zero-order chi connectivity index (χ0) is 14.7. The average Bonchev–Trinajstić information content (AvgIpc) is 2.36. The van der Waals surface area contributed by atoms with E-state index in [1.807, 2.05) is 0 Å². The Morgan fingerprint density at radius 2 is 1.53 bits per heavy atom. The van der Waals surface area contributed by atoms with Gasteiger partial charge < -0.3 is 0 Å². The van der Waals surface area contributed by atoms with Crippen LogP contribution in [0.15, 0.2) is 36.4 Å². The molecule has 0 heterocycles. The summed E-state index contributed by atoms with van der Waals surface area (Å²) in [6.45, 7) is 9.40. The third-order valence-electron chi connectivity index (χ3n) is 2.75. The topological polar surface area (TPSA) is 0 Å². The number of halogens is 2. The minimum absolute atomic E-state index is 0.106. The van der Waals surface area contributed by atoms with Crippen molar-refractivity contribution < 1.29 is 15.9 Å².